The second-order valence-corrected chi connectivity index (χ2v) is 4.94. The number of anilines is 1. The first-order valence-electron chi connectivity index (χ1n) is 7.08. The fourth-order valence-corrected chi connectivity index (χ4v) is 2.02. The number of phenolic OH excluding ortho intramolecular Hbond substituents is 1. The minimum atomic E-state index is -0.349. The van der Waals surface area contributed by atoms with E-state index in [4.69, 9.17) is 9.47 Å². The van der Waals surface area contributed by atoms with E-state index in [0.29, 0.717) is 29.4 Å². The second-order valence-electron chi connectivity index (χ2n) is 4.94. The second kappa shape index (κ2) is 7.35. The van der Waals surface area contributed by atoms with Gasteiger partial charge in [0, 0.05) is 5.56 Å². The highest BCUT2D eigenvalue weighted by Gasteiger charge is 2.13. The molecule has 2 N–H and O–H groups in total. The lowest BCUT2D eigenvalue weighted by atomic mass is 10.1. The number of aryl methyl sites for hydroxylation is 1. The maximum Gasteiger partial charge on any atom is 0.255 e. The fraction of sp³-hybridized carbons (Fsp3) is 0.167. The minimum absolute atomic E-state index is 0.0243. The molecule has 2 aromatic rings. The molecule has 0 unspecified atom stereocenters. The number of hydrogen-bond acceptors (Lipinski definition) is 4. The van der Waals surface area contributed by atoms with Gasteiger partial charge in [0.25, 0.3) is 5.91 Å². The topological polar surface area (TPSA) is 67.8 Å². The molecule has 2 aromatic carbocycles. The average Bonchev–Trinajstić information content (AvgIpc) is 2.55. The quantitative estimate of drug-likeness (QED) is 0.632. The van der Waals surface area contributed by atoms with Crippen LogP contribution in [0.5, 0.6) is 17.2 Å². The Balaban J connectivity index is 2.20. The highest BCUT2D eigenvalue weighted by atomic mass is 16.5. The smallest absolute Gasteiger partial charge is 0.255 e. The van der Waals surface area contributed by atoms with E-state index in [-0.39, 0.29) is 11.7 Å². The molecular formula is C18H19NO4. The molecule has 0 heterocycles. The molecule has 0 atom stereocenters. The van der Waals surface area contributed by atoms with Crippen molar-refractivity contribution in [1.29, 1.82) is 0 Å². The summed E-state index contributed by atoms with van der Waals surface area (Å²) in [7, 11) is 1.50. The third-order valence-corrected chi connectivity index (χ3v) is 3.18. The number of aromatic hydroxyl groups is 1. The molecule has 2 rings (SSSR count). The van der Waals surface area contributed by atoms with E-state index in [2.05, 4.69) is 11.9 Å². The van der Waals surface area contributed by atoms with E-state index in [1.165, 1.54) is 7.11 Å². The lowest BCUT2D eigenvalue weighted by molar-refractivity contribution is 0.102. The van der Waals surface area contributed by atoms with Crippen LogP contribution in [0.4, 0.5) is 5.69 Å². The van der Waals surface area contributed by atoms with Crippen molar-refractivity contribution in [3.63, 3.8) is 0 Å². The summed E-state index contributed by atoms with van der Waals surface area (Å²) in [5, 5.41) is 12.5. The van der Waals surface area contributed by atoms with Gasteiger partial charge in [0.05, 0.1) is 12.8 Å². The Kier molecular flexibility index (Phi) is 5.25. The van der Waals surface area contributed by atoms with Crippen LogP contribution in [-0.4, -0.2) is 24.7 Å². The largest absolute Gasteiger partial charge is 0.506 e. The summed E-state index contributed by atoms with van der Waals surface area (Å²) in [6, 6.07) is 9.92. The summed E-state index contributed by atoms with van der Waals surface area (Å²) >= 11 is 0. The van der Waals surface area contributed by atoms with Crippen LogP contribution in [0.2, 0.25) is 0 Å². The van der Waals surface area contributed by atoms with Crippen molar-refractivity contribution in [2.24, 2.45) is 0 Å². The van der Waals surface area contributed by atoms with Crippen LogP contribution in [0.25, 0.3) is 0 Å². The molecule has 120 valence electrons. The SMILES string of the molecule is C=CCOc1ccc(C(=O)Nc2ccc(C)cc2O)cc1OC. The summed E-state index contributed by atoms with van der Waals surface area (Å²) < 4.78 is 10.7. The summed E-state index contributed by atoms with van der Waals surface area (Å²) in [5.74, 6) is 0.656. The molecular weight excluding hydrogens is 294 g/mol. The van der Waals surface area contributed by atoms with Gasteiger partial charge in [-0.2, -0.15) is 0 Å². The molecule has 0 aliphatic carbocycles. The molecule has 0 aliphatic rings. The minimum Gasteiger partial charge on any atom is -0.506 e. The first kappa shape index (κ1) is 16.4. The van der Waals surface area contributed by atoms with Gasteiger partial charge in [0.15, 0.2) is 11.5 Å². The molecule has 0 saturated heterocycles. The molecule has 0 bridgehead atoms. The third kappa shape index (κ3) is 4.03. The zero-order chi connectivity index (χ0) is 16.8. The maximum absolute atomic E-state index is 12.3. The number of amides is 1. The number of carbonyl (C=O) groups is 1. The van der Waals surface area contributed by atoms with E-state index < -0.39 is 0 Å². The van der Waals surface area contributed by atoms with Gasteiger partial charge in [-0.05, 0) is 42.8 Å². The number of rotatable bonds is 6. The lowest BCUT2D eigenvalue weighted by Gasteiger charge is -2.12. The number of ether oxygens (including phenoxy) is 2. The zero-order valence-electron chi connectivity index (χ0n) is 13.1. The van der Waals surface area contributed by atoms with E-state index in [1.807, 2.05) is 13.0 Å². The number of phenols is 1. The standard InChI is InChI=1S/C18H19NO4/c1-4-9-23-16-8-6-13(11-17(16)22-3)18(21)19-14-7-5-12(2)10-15(14)20/h4-8,10-11,20H,1,9H2,2-3H3,(H,19,21). The van der Waals surface area contributed by atoms with E-state index in [0.717, 1.165) is 5.56 Å². The number of nitrogens with one attached hydrogen (secondary N) is 1. The normalized spacial score (nSPS) is 10.0. The monoisotopic (exact) mass is 313 g/mol. The Morgan fingerprint density at radius 1 is 1.26 bits per heavy atom. The van der Waals surface area contributed by atoms with Crippen LogP contribution < -0.4 is 14.8 Å². The van der Waals surface area contributed by atoms with Crippen molar-refractivity contribution >= 4 is 11.6 Å². The summed E-state index contributed by atoms with van der Waals surface area (Å²) in [6.45, 7) is 5.79. The molecule has 1 amide bonds. The van der Waals surface area contributed by atoms with E-state index in [9.17, 15) is 9.90 Å². The third-order valence-electron chi connectivity index (χ3n) is 3.18. The number of hydrogen-bond donors (Lipinski definition) is 2. The summed E-state index contributed by atoms with van der Waals surface area (Å²) in [4.78, 5) is 12.3. The van der Waals surface area contributed by atoms with Gasteiger partial charge >= 0.3 is 0 Å². The first-order chi connectivity index (χ1) is 11.0. The molecule has 0 fully saturated rings. The zero-order valence-corrected chi connectivity index (χ0v) is 13.1. The van der Waals surface area contributed by atoms with Gasteiger partial charge in [-0.1, -0.05) is 18.7 Å². The highest BCUT2D eigenvalue weighted by Crippen LogP contribution is 2.29. The molecule has 0 saturated carbocycles. The average molecular weight is 313 g/mol. The van der Waals surface area contributed by atoms with Gasteiger partial charge in [-0.25, -0.2) is 0 Å². The molecule has 5 heteroatoms. The van der Waals surface area contributed by atoms with Gasteiger partial charge in [0.2, 0.25) is 0 Å². The van der Waals surface area contributed by atoms with Crippen molar-refractivity contribution in [2.45, 2.75) is 6.92 Å². The van der Waals surface area contributed by atoms with Crippen LogP contribution in [-0.2, 0) is 0 Å². The maximum atomic E-state index is 12.3. The molecule has 0 aromatic heterocycles. The van der Waals surface area contributed by atoms with Crippen LogP contribution in [0.3, 0.4) is 0 Å². The Morgan fingerprint density at radius 3 is 2.70 bits per heavy atom. The van der Waals surface area contributed by atoms with Crippen molar-refractivity contribution in [1.82, 2.24) is 0 Å². The first-order valence-corrected chi connectivity index (χ1v) is 7.08. The molecule has 0 radical (unpaired) electrons. The van der Waals surface area contributed by atoms with Gasteiger partial charge in [-0.3, -0.25) is 4.79 Å². The van der Waals surface area contributed by atoms with Crippen molar-refractivity contribution in [2.75, 3.05) is 19.0 Å². The van der Waals surface area contributed by atoms with Crippen molar-refractivity contribution in [3.05, 3.63) is 60.2 Å². The van der Waals surface area contributed by atoms with Crippen LogP contribution >= 0.6 is 0 Å². The Morgan fingerprint density at radius 2 is 2.04 bits per heavy atom. The lowest BCUT2D eigenvalue weighted by Crippen LogP contribution is -2.12. The summed E-state index contributed by atoms with van der Waals surface area (Å²) in [5.41, 5.74) is 1.66. The van der Waals surface area contributed by atoms with Gasteiger partial charge in [-0.15, -0.1) is 0 Å². The number of benzene rings is 2. The predicted molar refractivity (Wildman–Crippen MR) is 89.5 cm³/mol. The van der Waals surface area contributed by atoms with E-state index >= 15 is 0 Å². The molecule has 23 heavy (non-hydrogen) atoms. The Labute approximate surface area is 135 Å². The molecule has 0 aliphatic heterocycles. The van der Waals surface area contributed by atoms with Gasteiger partial charge in [0.1, 0.15) is 12.4 Å². The van der Waals surface area contributed by atoms with Crippen molar-refractivity contribution < 1.29 is 19.4 Å². The van der Waals surface area contributed by atoms with Crippen molar-refractivity contribution in [3.8, 4) is 17.2 Å². The summed E-state index contributed by atoms with van der Waals surface area (Å²) in [6.07, 6.45) is 1.63. The number of methoxy groups -OCH3 is 1. The fourth-order valence-electron chi connectivity index (χ4n) is 2.02. The molecule has 5 nitrogen and oxygen atoms in total. The van der Waals surface area contributed by atoms with E-state index in [1.54, 1.807) is 36.4 Å². The molecule has 0 spiro atoms. The van der Waals surface area contributed by atoms with Gasteiger partial charge < -0.3 is 19.9 Å². The van der Waals surface area contributed by atoms with Crippen LogP contribution in [0.15, 0.2) is 49.1 Å². The highest BCUT2D eigenvalue weighted by molar-refractivity contribution is 6.05. The van der Waals surface area contributed by atoms with Crippen LogP contribution in [0.1, 0.15) is 15.9 Å². The number of carbonyl (C=O) groups excluding carboxylic acids is 1. The Hall–Kier alpha value is -2.95. The Bertz CT molecular complexity index is 725. The predicted octanol–water partition coefficient (Wildman–Crippen LogP) is 3.53. The van der Waals surface area contributed by atoms with Crippen LogP contribution in [0, 0.1) is 6.92 Å².